The third-order valence-corrected chi connectivity index (χ3v) is 7.60. The predicted molar refractivity (Wildman–Crippen MR) is 105 cm³/mol. The van der Waals surface area contributed by atoms with Crippen molar-refractivity contribution in [3.63, 3.8) is 0 Å². The van der Waals surface area contributed by atoms with Gasteiger partial charge in [0.05, 0.1) is 16.9 Å². The highest BCUT2D eigenvalue weighted by Gasteiger charge is 2.54. The number of fused-ring (bicyclic) bond motifs is 1. The molecule has 3 aromatic heterocycles. The van der Waals surface area contributed by atoms with Crippen LogP contribution in [0.4, 0.5) is 10.8 Å². The molecule has 3 heterocycles. The van der Waals surface area contributed by atoms with Crippen molar-refractivity contribution in [3.05, 3.63) is 18.5 Å². The van der Waals surface area contributed by atoms with Crippen LogP contribution in [-0.2, 0) is 0 Å². The molecule has 27 heavy (non-hydrogen) atoms. The summed E-state index contributed by atoms with van der Waals surface area (Å²) in [4.78, 5) is 7.75. The van der Waals surface area contributed by atoms with Crippen molar-refractivity contribution >= 4 is 33.2 Å². The highest BCUT2D eigenvalue weighted by atomic mass is 32.1. The molecule has 7 nitrogen and oxygen atoms in total. The molecule has 4 bridgehead atoms. The van der Waals surface area contributed by atoms with Gasteiger partial charge >= 0.3 is 0 Å². The molecule has 8 heteroatoms. The molecule has 0 aliphatic heterocycles. The van der Waals surface area contributed by atoms with Crippen LogP contribution >= 0.6 is 11.3 Å². The number of rotatable bonds is 3. The van der Waals surface area contributed by atoms with Crippen molar-refractivity contribution in [2.75, 3.05) is 11.1 Å². The van der Waals surface area contributed by atoms with E-state index in [1.165, 1.54) is 24.2 Å². The van der Waals surface area contributed by atoms with E-state index in [1.807, 2.05) is 12.4 Å². The first-order valence-corrected chi connectivity index (χ1v) is 10.4. The van der Waals surface area contributed by atoms with Crippen LogP contribution < -0.4 is 11.1 Å². The zero-order valence-corrected chi connectivity index (χ0v) is 15.7. The van der Waals surface area contributed by atoms with Crippen molar-refractivity contribution in [3.8, 4) is 10.6 Å². The Balaban J connectivity index is 1.43. The highest BCUT2D eigenvalue weighted by Crippen LogP contribution is 2.56. The number of nitrogens with one attached hydrogen (secondary N) is 2. The number of nitrogens with zero attached hydrogens (tertiary/aromatic N) is 3. The van der Waals surface area contributed by atoms with E-state index in [2.05, 4.69) is 31.5 Å². The lowest BCUT2D eigenvalue weighted by atomic mass is 9.52. The van der Waals surface area contributed by atoms with E-state index in [-0.39, 0.29) is 0 Å². The molecule has 4 aliphatic rings. The van der Waals surface area contributed by atoms with E-state index in [0.717, 1.165) is 46.6 Å². The monoisotopic (exact) mass is 382 g/mol. The average Bonchev–Trinajstić information content (AvgIpc) is 3.25. The van der Waals surface area contributed by atoms with Gasteiger partial charge in [0.25, 0.3) is 0 Å². The first kappa shape index (κ1) is 15.8. The van der Waals surface area contributed by atoms with Crippen molar-refractivity contribution in [2.45, 2.75) is 43.7 Å². The lowest BCUT2D eigenvalue weighted by Gasteiger charge is -2.58. The van der Waals surface area contributed by atoms with Gasteiger partial charge in [-0.25, -0.2) is 4.98 Å². The summed E-state index contributed by atoms with van der Waals surface area (Å²) < 4.78 is 0. The minimum absolute atomic E-state index is 0.381. The van der Waals surface area contributed by atoms with Gasteiger partial charge in [-0.1, -0.05) is 11.3 Å². The summed E-state index contributed by atoms with van der Waals surface area (Å²) in [6.07, 6.45) is 9.04. The number of nitrogens with two attached hydrogens (primary N) is 1. The smallest absolute Gasteiger partial charge is 0.203 e. The summed E-state index contributed by atoms with van der Waals surface area (Å²) in [5.74, 6) is 1.74. The molecule has 0 amide bonds. The van der Waals surface area contributed by atoms with E-state index in [0.29, 0.717) is 28.9 Å². The fraction of sp³-hybridized carbons (Fsp3) is 0.526. The largest absolute Gasteiger partial charge is 0.390 e. The van der Waals surface area contributed by atoms with Crippen LogP contribution in [0.25, 0.3) is 21.6 Å². The summed E-state index contributed by atoms with van der Waals surface area (Å²) in [6.45, 7) is 0. The van der Waals surface area contributed by atoms with Crippen LogP contribution in [0.5, 0.6) is 0 Å². The standard InChI is InChI=1S/C19H22N6OS/c20-18-25-24-17(27-18)13-8-22-16-12(1-2-21-16)15(13)23-14-10-3-9-4-11(14)7-19(26,5-9)6-10/h1-2,8-11,14,26H,3-7H2,(H2,20,25)(H2,21,22,23)/t9?,10-,11+,14+,19+. The summed E-state index contributed by atoms with van der Waals surface area (Å²) >= 11 is 1.38. The minimum atomic E-state index is -0.424. The second-order valence-electron chi connectivity index (χ2n) is 8.60. The second-order valence-corrected chi connectivity index (χ2v) is 9.61. The average molecular weight is 382 g/mol. The molecule has 0 radical (unpaired) electrons. The Hall–Kier alpha value is -2.19. The maximum absolute atomic E-state index is 10.9. The fourth-order valence-corrected chi connectivity index (χ4v) is 6.68. The Kier molecular flexibility index (Phi) is 3.18. The minimum Gasteiger partial charge on any atom is -0.390 e. The molecule has 5 N–H and O–H groups in total. The first-order chi connectivity index (χ1) is 13.1. The van der Waals surface area contributed by atoms with Crippen LogP contribution in [0.1, 0.15) is 32.1 Å². The Morgan fingerprint density at radius 1 is 1.22 bits per heavy atom. The summed E-state index contributed by atoms with van der Waals surface area (Å²) in [7, 11) is 0. The molecule has 140 valence electrons. The molecule has 7 rings (SSSR count). The van der Waals surface area contributed by atoms with Gasteiger partial charge in [0.1, 0.15) is 5.65 Å². The maximum Gasteiger partial charge on any atom is 0.203 e. The SMILES string of the molecule is Nc1nnc(-c2cnc3[nH]ccc3c2N[C@H]2[C@@H]3CC4C[C@H]2C[C@](O)(C4)C3)s1. The van der Waals surface area contributed by atoms with Crippen LogP contribution in [0.2, 0.25) is 0 Å². The molecule has 0 aromatic carbocycles. The predicted octanol–water partition coefficient (Wildman–Crippen LogP) is 3.02. The van der Waals surface area contributed by atoms with E-state index < -0.39 is 5.60 Å². The zero-order valence-electron chi connectivity index (χ0n) is 14.9. The van der Waals surface area contributed by atoms with Crippen LogP contribution in [0.15, 0.2) is 18.5 Å². The van der Waals surface area contributed by atoms with Gasteiger partial charge in [-0.05, 0) is 55.9 Å². The number of hydrogen-bond acceptors (Lipinski definition) is 7. The van der Waals surface area contributed by atoms with E-state index in [9.17, 15) is 5.11 Å². The molecule has 4 fully saturated rings. The van der Waals surface area contributed by atoms with Crippen molar-refractivity contribution < 1.29 is 5.11 Å². The van der Waals surface area contributed by atoms with E-state index in [1.54, 1.807) is 0 Å². The van der Waals surface area contributed by atoms with Gasteiger partial charge in [0, 0.05) is 23.8 Å². The van der Waals surface area contributed by atoms with Crippen LogP contribution in [-0.4, -0.2) is 36.9 Å². The Morgan fingerprint density at radius 3 is 2.74 bits per heavy atom. The van der Waals surface area contributed by atoms with Gasteiger partial charge < -0.3 is 21.1 Å². The van der Waals surface area contributed by atoms with Crippen molar-refractivity contribution in [1.29, 1.82) is 0 Å². The molecule has 4 saturated carbocycles. The maximum atomic E-state index is 10.9. The Labute approximate surface area is 160 Å². The summed E-state index contributed by atoms with van der Waals surface area (Å²) in [5, 5.41) is 25.3. The van der Waals surface area contributed by atoms with Gasteiger partial charge in [0.2, 0.25) is 5.13 Å². The number of pyridine rings is 1. The number of aliphatic hydroxyl groups is 1. The van der Waals surface area contributed by atoms with Gasteiger partial charge in [-0.3, -0.25) is 0 Å². The Morgan fingerprint density at radius 2 is 2.04 bits per heavy atom. The van der Waals surface area contributed by atoms with E-state index in [4.69, 9.17) is 5.73 Å². The lowest BCUT2D eigenvalue weighted by molar-refractivity contribution is -0.129. The van der Waals surface area contributed by atoms with Gasteiger partial charge in [0.15, 0.2) is 5.01 Å². The molecule has 1 unspecified atom stereocenters. The fourth-order valence-electron chi connectivity index (χ4n) is 6.05. The number of anilines is 2. The third kappa shape index (κ3) is 2.39. The molecule has 0 saturated heterocycles. The van der Waals surface area contributed by atoms with Crippen molar-refractivity contribution in [2.24, 2.45) is 17.8 Å². The molecule has 0 spiro atoms. The molecule has 5 atom stereocenters. The number of nitrogen functional groups attached to an aromatic ring is 1. The third-order valence-electron chi connectivity index (χ3n) is 6.81. The molecular weight excluding hydrogens is 360 g/mol. The quantitative estimate of drug-likeness (QED) is 0.554. The first-order valence-electron chi connectivity index (χ1n) is 9.62. The van der Waals surface area contributed by atoms with Gasteiger partial charge in [-0.2, -0.15) is 0 Å². The Bertz CT molecular complexity index is 1010. The van der Waals surface area contributed by atoms with Crippen LogP contribution in [0.3, 0.4) is 0 Å². The normalized spacial score (nSPS) is 34.4. The van der Waals surface area contributed by atoms with Gasteiger partial charge in [-0.15, -0.1) is 10.2 Å². The summed E-state index contributed by atoms with van der Waals surface area (Å²) in [5.41, 5.74) is 8.27. The number of H-pyrrole nitrogens is 1. The number of aromatic nitrogens is 4. The molecular formula is C19H22N6OS. The molecule has 4 aliphatic carbocycles. The van der Waals surface area contributed by atoms with Crippen LogP contribution in [0, 0.1) is 17.8 Å². The number of hydrogen-bond donors (Lipinski definition) is 4. The second kappa shape index (κ2) is 5.42. The van der Waals surface area contributed by atoms with Crippen molar-refractivity contribution in [1.82, 2.24) is 20.2 Å². The highest BCUT2D eigenvalue weighted by molar-refractivity contribution is 7.18. The lowest BCUT2D eigenvalue weighted by Crippen LogP contribution is -2.59. The zero-order chi connectivity index (χ0) is 18.2. The van der Waals surface area contributed by atoms with E-state index >= 15 is 0 Å². The topological polar surface area (TPSA) is 113 Å². The summed E-state index contributed by atoms with van der Waals surface area (Å²) in [6, 6.07) is 2.44. The number of aromatic amines is 1. The molecule has 3 aromatic rings.